The van der Waals surface area contributed by atoms with Gasteiger partial charge in [0, 0.05) is 73.1 Å². The molecule has 0 radical (unpaired) electrons. The first kappa shape index (κ1) is 57.8. The van der Waals surface area contributed by atoms with Gasteiger partial charge in [-0.25, -0.2) is 9.37 Å². The van der Waals surface area contributed by atoms with Crippen LogP contribution in [0.3, 0.4) is 0 Å². The molecule has 0 aliphatic carbocycles. The van der Waals surface area contributed by atoms with E-state index < -0.39 is 126 Å². The molecule has 0 bridgehead atoms. The van der Waals surface area contributed by atoms with Crippen LogP contribution in [0.25, 0.3) is 22.5 Å². The van der Waals surface area contributed by atoms with Crippen LogP contribution in [-0.4, -0.2) is 180 Å². The number of benzene rings is 1. The molecule has 19 atom stereocenters. The van der Waals surface area contributed by atoms with Crippen molar-refractivity contribution >= 4 is 23.5 Å². The number of thioether (sulfide) groups is 1. The molecule has 5 heterocycles. The summed E-state index contributed by atoms with van der Waals surface area (Å²) in [7, 11) is 3.24. The average Bonchev–Trinajstić information content (AvgIpc) is 3.79. The maximum absolute atomic E-state index is 14.3. The summed E-state index contributed by atoms with van der Waals surface area (Å²) in [5.41, 5.74) is -0.300. The van der Waals surface area contributed by atoms with E-state index in [1.165, 1.54) is 44.9 Å². The van der Waals surface area contributed by atoms with Crippen molar-refractivity contribution in [1.29, 1.82) is 0 Å². The minimum Gasteiger partial charge on any atom is -0.459 e. The quantitative estimate of drug-likeness (QED) is 0.0866. The van der Waals surface area contributed by atoms with Crippen LogP contribution in [0, 0.1) is 29.5 Å². The molecule has 3 aromatic rings. The number of aliphatic hydroxyl groups excluding tert-OH is 5. The number of carbonyl (C=O) groups excluding carboxylic acids is 2. The molecule has 20 heteroatoms. The van der Waals surface area contributed by atoms with Crippen LogP contribution in [0.15, 0.2) is 53.9 Å². The monoisotopic (exact) mass is 1030 g/mol. The van der Waals surface area contributed by atoms with Crippen molar-refractivity contribution in [2.75, 3.05) is 26.5 Å². The molecule has 0 spiro atoms. The number of hydrogen-bond acceptors (Lipinski definition) is 18. The van der Waals surface area contributed by atoms with Gasteiger partial charge in [-0.3, -0.25) is 19.5 Å². The number of halogens is 1. The minimum atomic E-state index is -2.04. The van der Waals surface area contributed by atoms with Crippen molar-refractivity contribution in [3.8, 4) is 22.5 Å². The Labute approximate surface area is 426 Å². The number of likely N-dealkylation sites (N-methyl/N-ethyl adjacent to an activating group) is 1. The van der Waals surface area contributed by atoms with Crippen molar-refractivity contribution in [2.45, 2.75) is 184 Å². The van der Waals surface area contributed by atoms with Gasteiger partial charge in [-0.05, 0) is 97.3 Å². The Morgan fingerprint density at radius 1 is 0.917 bits per heavy atom. The molecule has 0 saturated carbocycles. The van der Waals surface area contributed by atoms with Gasteiger partial charge < -0.3 is 64.0 Å². The normalized spacial score (nSPS) is 38.0. The molecule has 6 rings (SSSR count). The highest BCUT2D eigenvalue weighted by Crippen LogP contribution is 2.39. The number of nitrogens with zero attached hydrogens (tertiary/aromatic N) is 3. The highest BCUT2D eigenvalue weighted by atomic mass is 32.2. The second-order valence-electron chi connectivity index (χ2n) is 20.7. The highest BCUT2D eigenvalue weighted by molar-refractivity contribution is 7.99. The number of imidazole rings is 1. The third-order valence-electron chi connectivity index (χ3n) is 15.1. The summed E-state index contributed by atoms with van der Waals surface area (Å²) in [5.74, 6) is -5.48. The van der Waals surface area contributed by atoms with Crippen molar-refractivity contribution in [3.63, 3.8) is 0 Å². The van der Waals surface area contributed by atoms with Gasteiger partial charge in [0.05, 0.1) is 65.6 Å². The topological polar surface area (TPSA) is 256 Å². The maximum atomic E-state index is 14.3. The Hall–Kier alpha value is -3.48. The predicted octanol–water partition coefficient (Wildman–Crippen LogP) is 4.51. The van der Waals surface area contributed by atoms with E-state index >= 15 is 0 Å². The van der Waals surface area contributed by atoms with Gasteiger partial charge in [-0.15, -0.1) is 0 Å². The third-order valence-corrected chi connectivity index (χ3v) is 16.1. The highest BCUT2D eigenvalue weighted by Gasteiger charge is 2.52. The molecule has 3 saturated heterocycles. The number of methoxy groups -OCH3 is 1. The molecule has 4 unspecified atom stereocenters. The summed E-state index contributed by atoms with van der Waals surface area (Å²) in [4.78, 5) is 42.4. The first-order valence-electron chi connectivity index (χ1n) is 25.0. The molecule has 3 aliphatic rings. The van der Waals surface area contributed by atoms with E-state index in [1.54, 1.807) is 73.1 Å². The number of ketones is 1. The zero-order valence-electron chi connectivity index (χ0n) is 43.3. The van der Waals surface area contributed by atoms with Crippen molar-refractivity contribution < 1.29 is 73.0 Å². The van der Waals surface area contributed by atoms with Crippen molar-refractivity contribution in [3.05, 3.63) is 54.6 Å². The number of H-pyrrole nitrogens is 1. The van der Waals surface area contributed by atoms with Gasteiger partial charge in [0.2, 0.25) is 0 Å². The fraction of sp³-hybridized carbons (Fsp3) is 0.692. The molecule has 402 valence electrons. The first-order valence-corrected chi connectivity index (χ1v) is 26.0. The van der Waals surface area contributed by atoms with Crippen LogP contribution in [-0.2, 0) is 38.0 Å². The molecule has 2 aromatic heterocycles. The summed E-state index contributed by atoms with van der Waals surface area (Å²) in [6, 6.07) is 9.11. The predicted molar refractivity (Wildman–Crippen MR) is 265 cm³/mol. The van der Waals surface area contributed by atoms with E-state index in [4.69, 9.17) is 33.4 Å². The second-order valence-corrected chi connectivity index (χ2v) is 21.7. The Balaban J connectivity index is 1.25. The van der Waals surface area contributed by atoms with E-state index in [-0.39, 0.29) is 37.4 Å². The number of aromatic amines is 1. The molecule has 3 fully saturated rings. The molecule has 7 N–H and O–H groups in total. The molecule has 18 nitrogen and oxygen atoms in total. The van der Waals surface area contributed by atoms with Gasteiger partial charge in [0.1, 0.15) is 35.5 Å². The fourth-order valence-corrected chi connectivity index (χ4v) is 11.3. The van der Waals surface area contributed by atoms with Gasteiger partial charge in [-0.2, -0.15) is 0 Å². The van der Waals surface area contributed by atoms with Crippen LogP contribution < -0.4 is 0 Å². The number of esters is 1. The van der Waals surface area contributed by atoms with E-state index in [0.717, 1.165) is 11.1 Å². The van der Waals surface area contributed by atoms with Gasteiger partial charge in [-0.1, -0.05) is 39.5 Å². The lowest BCUT2D eigenvalue weighted by molar-refractivity contribution is -0.312. The summed E-state index contributed by atoms with van der Waals surface area (Å²) in [5, 5.41) is 70.6. The van der Waals surface area contributed by atoms with E-state index in [9.17, 15) is 44.6 Å². The van der Waals surface area contributed by atoms with E-state index in [0.29, 0.717) is 23.0 Å². The SMILES string of the molecule is CC[C@H]1OC(=O)[C@H](C)[C@@H](OC2C[C@@](C)(OC)[C@@H](O)[C@H](C)O2)[C@H](C)[C@@H](OC2O[C@H](C)C[C@H](N(C)CC(O)CSc3nc(-c4ccncc4)c(-c4ccc(F)cc4)[nH]3)[C@H]2O)C(O)C[C@@H](C)C(=O)[C@H](C)[C@@H](O)[C@]1(C)O. The van der Waals surface area contributed by atoms with Crippen LogP contribution >= 0.6 is 11.8 Å². The summed E-state index contributed by atoms with van der Waals surface area (Å²) >= 11 is 1.30. The summed E-state index contributed by atoms with van der Waals surface area (Å²) in [6.07, 6.45) is -10.1. The Bertz CT molecular complexity index is 2230. The van der Waals surface area contributed by atoms with Gasteiger partial charge >= 0.3 is 5.97 Å². The Morgan fingerprint density at radius 2 is 1.58 bits per heavy atom. The lowest BCUT2D eigenvalue weighted by Gasteiger charge is -2.47. The van der Waals surface area contributed by atoms with Crippen LogP contribution in [0.1, 0.15) is 88.0 Å². The first-order chi connectivity index (χ1) is 33.9. The number of pyridine rings is 1. The summed E-state index contributed by atoms with van der Waals surface area (Å²) in [6.45, 7) is 14.7. The number of hydrogen-bond donors (Lipinski definition) is 7. The zero-order valence-corrected chi connectivity index (χ0v) is 44.1. The molecular weight excluding hydrogens is 956 g/mol. The third kappa shape index (κ3) is 13.1. The lowest BCUT2D eigenvalue weighted by Crippen LogP contribution is -2.60. The van der Waals surface area contributed by atoms with Crippen LogP contribution in [0.2, 0.25) is 0 Å². The number of rotatable bonds is 14. The molecule has 3 aliphatic heterocycles. The molecule has 0 amide bonds. The van der Waals surface area contributed by atoms with Gasteiger partial charge in [0.25, 0.3) is 0 Å². The number of aromatic nitrogens is 3. The van der Waals surface area contributed by atoms with Crippen molar-refractivity contribution in [2.24, 2.45) is 23.7 Å². The van der Waals surface area contributed by atoms with Gasteiger partial charge in [0.15, 0.2) is 17.7 Å². The lowest BCUT2D eigenvalue weighted by atomic mass is 9.77. The number of ether oxygens (including phenoxy) is 6. The molecule has 72 heavy (non-hydrogen) atoms. The van der Waals surface area contributed by atoms with Crippen molar-refractivity contribution in [1.82, 2.24) is 19.9 Å². The maximum Gasteiger partial charge on any atom is 0.311 e. The number of Topliss-reactive ketones (excluding diaryl/α,β-unsaturated/α-hetero) is 1. The Kier molecular flexibility index (Phi) is 19.6. The second kappa shape index (κ2) is 24.5. The largest absolute Gasteiger partial charge is 0.459 e. The molecule has 1 aromatic carbocycles. The number of nitrogens with one attached hydrogen (secondary N) is 1. The van der Waals surface area contributed by atoms with E-state index in [1.807, 2.05) is 24.0 Å². The molecular formula is C52H77FN4O14S. The number of aliphatic hydroxyl groups is 6. The smallest absolute Gasteiger partial charge is 0.311 e. The number of carbonyl (C=O) groups is 2. The van der Waals surface area contributed by atoms with Crippen LogP contribution in [0.5, 0.6) is 0 Å². The fourth-order valence-electron chi connectivity index (χ4n) is 10.5. The van der Waals surface area contributed by atoms with Crippen LogP contribution in [0.4, 0.5) is 4.39 Å². The van der Waals surface area contributed by atoms with E-state index in [2.05, 4.69) is 9.97 Å². The number of cyclic esters (lactones) is 1. The zero-order chi connectivity index (χ0) is 53.0. The summed E-state index contributed by atoms with van der Waals surface area (Å²) < 4.78 is 51.4. The minimum absolute atomic E-state index is 0.0432. The average molecular weight is 1030 g/mol. The standard InChI is InChI=1S/C52H77FN4O14S/c1-12-38-52(9,65)46(62)28(4)42(60)26(2)21-37(59)45(29(5)44(30(6)48(64)69-38)70-39-23-51(8,66-11)47(63)31(7)68-39)71-49-43(61)36(22-27(3)67-49)57(10)24-35(58)25-72-50-55-40(32-13-15-34(53)16-14-32)41(56-50)33-17-19-54-20-18-33/h13-20,26-31,35-39,43-47,49,58-59,61-63,65H,12,21-25H2,1-11H3,(H,55,56)/t26-,27-,28+,29+,30-,31+,35?,36+,37?,38-,39?,43-,44+,45-,46-,47+,49?,51-,52-/m1/s1. The Morgan fingerprint density at radius 3 is 2.22 bits per heavy atom.